The first-order valence-corrected chi connectivity index (χ1v) is 7.31. The highest BCUT2D eigenvalue weighted by molar-refractivity contribution is 5.50. The van der Waals surface area contributed by atoms with Crippen LogP contribution in [0.5, 0.6) is 5.75 Å². The summed E-state index contributed by atoms with van der Waals surface area (Å²) >= 11 is 0. The van der Waals surface area contributed by atoms with E-state index in [1.165, 1.54) is 24.9 Å². The molecule has 0 spiro atoms. The number of anilines is 1. The fourth-order valence-electron chi connectivity index (χ4n) is 2.89. The molecule has 1 aromatic carbocycles. The Bertz CT molecular complexity index is 394. The molecule has 1 aliphatic heterocycles. The van der Waals surface area contributed by atoms with Crippen molar-refractivity contribution in [1.29, 1.82) is 0 Å². The zero-order valence-corrected chi connectivity index (χ0v) is 12.4. The third-order valence-corrected chi connectivity index (χ3v) is 4.17. The topological polar surface area (TPSA) is 24.5 Å². The zero-order chi connectivity index (χ0) is 13.7. The minimum atomic E-state index is 0.606. The average molecular weight is 262 g/mol. The van der Waals surface area contributed by atoms with Crippen molar-refractivity contribution in [2.24, 2.45) is 5.92 Å². The van der Waals surface area contributed by atoms with Crippen LogP contribution in [0.4, 0.5) is 5.69 Å². The van der Waals surface area contributed by atoms with E-state index in [1.807, 2.05) is 12.1 Å². The molecule has 0 bridgehead atoms. The van der Waals surface area contributed by atoms with Gasteiger partial charge in [0.1, 0.15) is 5.75 Å². The van der Waals surface area contributed by atoms with Gasteiger partial charge in [-0.25, -0.2) is 0 Å². The summed E-state index contributed by atoms with van der Waals surface area (Å²) in [7, 11) is 3.87. The summed E-state index contributed by atoms with van der Waals surface area (Å²) in [5.41, 5.74) is 1.22. The van der Waals surface area contributed by atoms with E-state index in [9.17, 15) is 0 Å². The molecular formula is C16H26N2O. The Morgan fingerprint density at radius 3 is 3.00 bits per heavy atom. The Balaban J connectivity index is 1.94. The highest BCUT2D eigenvalue weighted by Gasteiger charge is 2.21. The highest BCUT2D eigenvalue weighted by atomic mass is 16.5. The molecule has 1 fully saturated rings. The van der Waals surface area contributed by atoms with Crippen LogP contribution in [-0.4, -0.2) is 33.3 Å². The smallest absolute Gasteiger partial charge is 0.120 e. The lowest BCUT2D eigenvalue weighted by Gasteiger charge is -2.33. The van der Waals surface area contributed by atoms with E-state index < -0.39 is 0 Å². The van der Waals surface area contributed by atoms with Crippen LogP contribution in [0.15, 0.2) is 24.3 Å². The third kappa shape index (κ3) is 3.87. The number of likely N-dealkylation sites (N-methyl/N-ethyl adjacent to an activating group) is 1. The molecule has 0 radical (unpaired) electrons. The molecule has 1 aromatic rings. The third-order valence-electron chi connectivity index (χ3n) is 4.17. The lowest BCUT2D eigenvalue weighted by molar-refractivity contribution is 0.297. The van der Waals surface area contributed by atoms with Crippen molar-refractivity contribution in [3.8, 4) is 5.75 Å². The molecule has 0 saturated carbocycles. The van der Waals surface area contributed by atoms with Crippen molar-refractivity contribution in [1.82, 2.24) is 5.32 Å². The first kappa shape index (κ1) is 14.2. The predicted octanol–water partition coefficient (Wildman–Crippen LogP) is 2.91. The molecule has 3 nitrogen and oxygen atoms in total. The lowest BCUT2D eigenvalue weighted by atomic mass is 9.90. The van der Waals surface area contributed by atoms with Gasteiger partial charge in [-0.3, -0.25) is 0 Å². The van der Waals surface area contributed by atoms with Gasteiger partial charge in [0.15, 0.2) is 0 Å². The van der Waals surface area contributed by atoms with Crippen LogP contribution in [0.1, 0.15) is 26.2 Å². The SMILES string of the molecule is CCC1CCNC(CN(C)c2cccc(OC)c2)C1. The summed E-state index contributed by atoms with van der Waals surface area (Å²) in [5, 5.41) is 3.64. The second-order valence-electron chi connectivity index (χ2n) is 5.53. The molecule has 1 aliphatic rings. The molecule has 3 heteroatoms. The van der Waals surface area contributed by atoms with Gasteiger partial charge in [-0.15, -0.1) is 0 Å². The van der Waals surface area contributed by atoms with Crippen molar-refractivity contribution in [2.75, 3.05) is 32.1 Å². The fourth-order valence-corrected chi connectivity index (χ4v) is 2.89. The largest absolute Gasteiger partial charge is 0.497 e. The van der Waals surface area contributed by atoms with Gasteiger partial charge in [0.25, 0.3) is 0 Å². The summed E-state index contributed by atoms with van der Waals surface area (Å²) in [6.07, 6.45) is 3.93. The molecule has 1 N–H and O–H groups in total. The number of benzene rings is 1. The fraction of sp³-hybridized carbons (Fsp3) is 0.625. The van der Waals surface area contributed by atoms with E-state index in [-0.39, 0.29) is 0 Å². The maximum atomic E-state index is 5.29. The number of ether oxygens (including phenoxy) is 1. The molecule has 0 aromatic heterocycles. The quantitative estimate of drug-likeness (QED) is 0.883. The van der Waals surface area contributed by atoms with Crippen LogP contribution in [-0.2, 0) is 0 Å². The number of hydrogen-bond acceptors (Lipinski definition) is 3. The second kappa shape index (κ2) is 6.80. The van der Waals surface area contributed by atoms with Crippen LogP contribution in [0.2, 0.25) is 0 Å². The molecule has 19 heavy (non-hydrogen) atoms. The first-order chi connectivity index (χ1) is 9.22. The van der Waals surface area contributed by atoms with E-state index in [1.54, 1.807) is 7.11 Å². The average Bonchev–Trinajstić information content (AvgIpc) is 2.47. The van der Waals surface area contributed by atoms with Gasteiger partial charge >= 0.3 is 0 Å². The number of piperidine rings is 1. The van der Waals surface area contributed by atoms with Crippen LogP contribution in [0.25, 0.3) is 0 Å². The molecule has 2 rings (SSSR count). The van der Waals surface area contributed by atoms with Crippen LogP contribution >= 0.6 is 0 Å². The van der Waals surface area contributed by atoms with Crippen LogP contribution in [0, 0.1) is 5.92 Å². The Labute approximate surface area is 116 Å². The molecule has 1 saturated heterocycles. The second-order valence-corrected chi connectivity index (χ2v) is 5.53. The molecule has 2 unspecified atom stereocenters. The summed E-state index contributed by atoms with van der Waals surface area (Å²) in [4.78, 5) is 2.32. The van der Waals surface area contributed by atoms with Gasteiger partial charge in [0.05, 0.1) is 7.11 Å². The van der Waals surface area contributed by atoms with E-state index in [4.69, 9.17) is 4.74 Å². The molecule has 1 heterocycles. The van der Waals surface area contributed by atoms with Gasteiger partial charge in [-0.05, 0) is 37.4 Å². The van der Waals surface area contributed by atoms with E-state index in [0.717, 1.165) is 24.8 Å². The molecule has 0 amide bonds. The Morgan fingerprint density at radius 1 is 1.42 bits per heavy atom. The van der Waals surface area contributed by atoms with Crippen molar-refractivity contribution in [3.05, 3.63) is 24.3 Å². The van der Waals surface area contributed by atoms with Gasteiger partial charge in [0.2, 0.25) is 0 Å². The number of rotatable bonds is 5. The summed E-state index contributed by atoms with van der Waals surface area (Å²) in [6.45, 7) is 4.53. The number of nitrogens with zero attached hydrogens (tertiary/aromatic N) is 1. The monoisotopic (exact) mass is 262 g/mol. The normalized spacial score (nSPS) is 23.1. The Kier molecular flexibility index (Phi) is 5.08. The molecule has 106 valence electrons. The van der Waals surface area contributed by atoms with Crippen LogP contribution < -0.4 is 15.0 Å². The predicted molar refractivity (Wildman–Crippen MR) is 81.1 cm³/mol. The van der Waals surface area contributed by atoms with Crippen LogP contribution in [0.3, 0.4) is 0 Å². The molecule has 2 atom stereocenters. The van der Waals surface area contributed by atoms with Gasteiger partial charge in [-0.1, -0.05) is 19.4 Å². The van der Waals surface area contributed by atoms with Crippen molar-refractivity contribution < 1.29 is 4.74 Å². The zero-order valence-electron chi connectivity index (χ0n) is 12.4. The maximum Gasteiger partial charge on any atom is 0.120 e. The minimum absolute atomic E-state index is 0.606. The standard InChI is InChI=1S/C16H26N2O/c1-4-13-8-9-17-14(10-13)12-18(2)15-6-5-7-16(11-15)19-3/h5-7,11,13-14,17H,4,8-10,12H2,1-3H3. The van der Waals surface area contributed by atoms with Crippen molar-refractivity contribution in [3.63, 3.8) is 0 Å². The Hall–Kier alpha value is -1.22. The van der Waals surface area contributed by atoms with Crippen molar-refractivity contribution in [2.45, 2.75) is 32.2 Å². The molecular weight excluding hydrogens is 236 g/mol. The Morgan fingerprint density at radius 2 is 2.26 bits per heavy atom. The van der Waals surface area contributed by atoms with Gasteiger partial charge in [-0.2, -0.15) is 0 Å². The van der Waals surface area contributed by atoms with E-state index in [2.05, 4.69) is 36.3 Å². The summed E-state index contributed by atoms with van der Waals surface area (Å²) in [6, 6.07) is 8.88. The number of hydrogen-bond donors (Lipinski definition) is 1. The summed E-state index contributed by atoms with van der Waals surface area (Å²) in [5.74, 6) is 1.82. The summed E-state index contributed by atoms with van der Waals surface area (Å²) < 4.78 is 5.29. The minimum Gasteiger partial charge on any atom is -0.497 e. The van der Waals surface area contributed by atoms with E-state index >= 15 is 0 Å². The maximum absolute atomic E-state index is 5.29. The van der Waals surface area contributed by atoms with Crippen molar-refractivity contribution >= 4 is 5.69 Å². The van der Waals surface area contributed by atoms with E-state index in [0.29, 0.717) is 6.04 Å². The number of nitrogens with one attached hydrogen (secondary N) is 1. The first-order valence-electron chi connectivity index (χ1n) is 7.31. The lowest BCUT2D eigenvalue weighted by Crippen LogP contribution is -2.45. The molecule has 0 aliphatic carbocycles. The van der Waals surface area contributed by atoms with Gasteiger partial charge < -0.3 is 15.0 Å². The number of methoxy groups -OCH3 is 1. The highest BCUT2D eigenvalue weighted by Crippen LogP contribution is 2.23. The van der Waals surface area contributed by atoms with Gasteiger partial charge in [0, 0.05) is 31.4 Å².